The van der Waals surface area contributed by atoms with Gasteiger partial charge in [0, 0.05) is 24.4 Å². The molecule has 1 saturated carbocycles. The second-order valence-electron chi connectivity index (χ2n) is 8.44. The summed E-state index contributed by atoms with van der Waals surface area (Å²) in [4.78, 5) is 13.5. The number of carbonyl (C=O) groups is 1. The maximum Gasteiger partial charge on any atom is 0.405 e. The SMILES string of the molecule is CNc1cc2c(o1)CN(c1ccc(C3(NC(=O)O)CCC3)cc1)C(c1ccccc1)=C2OC. The van der Waals surface area contributed by atoms with Crippen LogP contribution in [0.3, 0.4) is 0 Å². The topological polar surface area (TPSA) is 87.0 Å². The quantitative estimate of drug-likeness (QED) is 0.467. The highest BCUT2D eigenvalue weighted by atomic mass is 16.5. The summed E-state index contributed by atoms with van der Waals surface area (Å²) in [6.07, 6.45) is 1.66. The summed E-state index contributed by atoms with van der Waals surface area (Å²) < 4.78 is 11.9. The fourth-order valence-electron chi connectivity index (χ4n) is 4.83. The molecule has 0 atom stereocenters. The van der Waals surface area contributed by atoms with Gasteiger partial charge in [-0.15, -0.1) is 0 Å². The van der Waals surface area contributed by atoms with E-state index in [1.54, 1.807) is 7.11 Å². The van der Waals surface area contributed by atoms with Crippen LogP contribution in [0.4, 0.5) is 16.4 Å². The average molecular weight is 446 g/mol. The van der Waals surface area contributed by atoms with E-state index < -0.39 is 11.6 Å². The Morgan fingerprint density at radius 2 is 1.85 bits per heavy atom. The Balaban J connectivity index is 1.58. The number of carboxylic acid groups (broad SMARTS) is 1. The summed E-state index contributed by atoms with van der Waals surface area (Å²) in [7, 11) is 3.51. The van der Waals surface area contributed by atoms with Crippen LogP contribution in [0.15, 0.2) is 65.1 Å². The molecule has 1 aliphatic carbocycles. The fourth-order valence-corrected chi connectivity index (χ4v) is 4.83. The van der Waals surface area contributed by atoms with Crippen LogP contribution in [0.25, 0.3) is 11.5 Å². The fraction of sp³-hybridized carbons (Fsp3) is 0.269. The largest absolute Gasteiger partial charge is 0.494 e. The number of furan rings is 1. The molecule has 2 heterocycles. The Labute approximate surface area is 192 Å². The minimum atomic E-state index is -0.987. The number of hydrogen-bond acceptors (Lipinski definition) is 5. The van der Waals surface area contributed by atoms with Crippen molar-refractivity contribution in [3.63, 3.8) is 0 Å². The van der Waals surface area contributed by atoms with Gasteiger partial charge in [-0.3, -0.25) is 0 Å². The molecule has 1 fully saturated rings. The van der Waals surface area contributed by atoms with Crippen LogP contribution in [0, 0.1) is 0 Å². The average Bonchev–Trinajstić information content (AvgIpc) is 3.24. The molecule has 1 aliphatic heterocycles. The van der Waals surface area contributed by atoms with Crippen molar-refractivity contribution in [2.24, 2.45) is 0 Å². The standard InChI is InChI=1S/C26H27N3O4/c1-27-22-15-20-21(33-22)16-29(23(24(20)32-2)17-7-4-3-5-8-17)19-11-9-18(10-12-19)26(13-6-14-26)28-25(30)31/h3-5,7-12,15,27-28H,6,13-14,16H2,1-2H3,(H,30,31). The van der Waals surface area contributed by atoms with E-state index in [2.05, 4.69) is 27.7 Å². The molecule has 0 bridgehead atoms. The number of amides is 1. The Hall–Kier alpha value is -3.87. The van der Waals surface area contributed by atoms with E-state index >= 15 is 0 Å². The van der Waals surface area contributed by atoms with Gasteiger partial charge in [-0.1, -0.05) is 42.5 Å². The molecule has 2 aliphatic rings. The first-order valence-electron chi connectivity index (χ1n) is 11.1. The van der Waals surface area contributed by atoms with Crippen molar-refractivity contribution < 1.29 is 19.1 Å². The van der Waals surface area contributed by atoms with E-state index in [-0.39, 0.29) is 0 Å². The van der Waals surface area contributed by atoms with Crippen LogP contribution in [0.2, 0.25) is 0 Å². The van der Waals surface area contributed by atoms with Gasteiger partial charge in [0.1, 0.15) is 5.76 Å². The van der Waals surface area contributed by atoms with Crippen molar-refractivity contribution in [2.75, 3.05) is 24.4 Å². The smallest absolute Gasteiger partial charge is 0.405 e. The molecule has 3 aromatic rings. The van der Waals surface area contributed by atoms with Crippen molar-refractivity contribution >= 4 is 29.1 Å². The lowest BCUT2D eigenvalue weighted by atomic mass is 9.72. The number of fused-ring (bicyclic) bond motifs is 1. The van der Waals surface area contributed by atoms with Crippen molar-refractivity contribution in [1.29, 1.82) is 0 Å². The zero-order chi connectivity index (χ0) is 23.0. The zero-order valence-corrected chi connectivity index (χ0v) is 18.7. The molecule has 7 nitrogen and oxygen atoms in total. The predicted octanol–water partition coefficient (Wildman–Crippen LogP) is 5.46. The van der Waals surface area contributed by atoms with Gasteiger partial charge >= 0.3 is 6.09 Å². The lowest BCUT2D eigenvalue weighted by Gasteiger charge is -2.42. The number of nitrogens with one attached hydrogen (secondary N) is 2. The lowest BCUT2D eigenvalue weighted by molar-refractivity contribution is 0.144. The first-order chi connectivity index (χ1) is 16.0. The van der Waals surface area contributed by atoms with Crippen LogP contribution in [-0.4, -0.2) is 25.4 Å². The minimum Gasteiger partial charge on any atom is -0.494 e. The molecule has 3 N–H and O–H groups in total. The molecular formula is C26H27N3O4. The van der Waals surface area contributed by atoms with Gasteiger partial charge in [-0.2, -0.15) is 0 Å². The van der Waals surface area contributed by atoms with E-state index in [0.717, 1.165) is 58.9 Å². The number of benzene rings is 2. The van der Waals surface area contributed by atoms with Crippen LogP contribution < -0.4 is 15.5 Å². The van der Waals surface area contributed by atoms with Gasteiger partial charge < -0.3 is 29.8 Å². The summed E-state index contributed by atoms with van der Waals surface area (Å²) in [5.41, 5.74) is 4.42. The second-order valence-corrected chi connectivity index (χ2v) is 8.44. The predicted molar refractivity (Wildman–Crippen MR) is 128 cm³/mol. The Kier molecular flexibility index (Phi) is 5.24. The van der Waals surface area contributed by atoms with Crippen molar-refractivity contribution in [3.05, 3.63) is 83.1 Å². The van der Waals surface area contributed by atoms with E-state index in [1.807, 2.05) is 55.6 Å². The van der Waals surface area contributed by atoms with Crippen molar-refractivity contribution in [3.8, 4) is 0 Å². The molecule has 5 rings (SSSR count). The van der Waals surface area contributed by atoms with Crippen LogP contribution >= 0.6 is 0 Å². The normalized spacial score (nSPS) is 16.6. The summed E-state index contributed by atoms with van der Waals surface area (Å²) >= 11 is 0. The third kappa shape index (κ3) is 3.59. The molecule has 1 amide bonds. The van der Waals surface area contributed by atoms with Crippen LogP contribution in [0.5, 0.6) is 0 Å². The highest BCUT2D eigenvalue weighted by Gasteiger charge is 2.40. The lowest BCUT2D eigenvalue weighted by Crippen LogP contribution is -2.50. The van der Waals surface area contributed by atoms with Gasteiger partial charge in [-0.25, -0.2) is 4.79 Å². The van der Waals surface area contributed by atoms with Gasteiger partial charge in [0.25, 0.3) is 0 Å². The molecule has 7 heteroatoms. The third-order valence-corrected chi connectivity index (χ3v) is 6.62. The third-order valence-electron chi connectivity index (χ3n) is 6.62. The second kappa shape index (κ2) is 8.24. The number of anilines is 2. The molecule has 1 aromatic heterocycles. The van der Waals surface area contributed by atoms with Crippen molar-refractivity contribution in [1.82, 2.24) is 5.32 Å². The van der Waals surface area contributed by atoms with Gasteiger partial charge in [-0.05, 0) is 37.0 Å². The monoisotopic (exact) mass is 445 g/mol. The Morgan fingerprint density at radius 3 is 2.42 bits per heavy atom. The number of ether oxygens (including phenoxy) is 1. The van der Waals surface area contributed by atoms with E-state index in [1.165, 1.54) is 0 Å². The van der Waals surface area contributed by atoms with Crippen molar-refractivity contribution in [2.45, 2.75) is 31.3 Å². The highest BCUT2D eigenvalue weighted by Crippen LogP contribution is 2.44. The Morgan fingerprint density at radius 1 is 1.12 bits per heavy atom. The van der Waals surface area contributed by atoms with Gasteiger partial charge in [0.2, 0.25) is 0 Å². The number of hydrogen-bond donors (Lipinski definition) is 3. The molecule has 0 spiro atoms. The summed E-state index contributed by atoms with van der Waals surface area (Å²) in [5, 5.41) is 15.1. The number of nitrogens with zero attached hydrogens (tertiary/aromatic N) is 1. The van der Waals surface area contributed by atoms with Gasteiger partial charge in [0.15, 0.2) is 11.6 Å². The molecule has 0 unspecified atom stereocenters. The van der Waals surface area contributed by atoms with E-state index in [0.29, 0.717) is 12.4 Å². The Bertz CT molecular complexity index is 1190. The maximum atomic E-state index is 11.4. The van der Waals surface area contributed by atoms with Gasteiger partial charge in [0.05, 0.1) is 30.5 Å². The van der Waals surface area contributed by atoms with Crippen LogP contribution in [0.1, 0.15) is 41.7 Å². The highest BCUT2D eigenvalue weighted by molar-refractivity contribution is 5.97. The first kappa shape index (κ1) is 21.0. The minimum absolute atomic E-state index is 0.488. The summed E-state index contributed by atoms with van der Waals surface area (Å²) in [6, 6.07) is 20.3. The van der Waals surface area contributed by atoms with E-state index in [9.17, 15) is 9.90 Å². The number of rotatable bonds is 6. The van der Waals surface area contributed by atoms with Crippen LogP contribution in [-0.2, 0) is 16.8 Å². The molecule has 2 aromatic carbocycles. The summed E-state index contributed by atoms with van der Waals surface area (Å²) in [6.45, 7) is 0.548. The van der Waals surface area contributed by atoms with E-state index in [4.69, 9.17) is 9.15 Å². The molecule has 0 radical (unpaired) electrons. The number of methoxy groups -OCH3 is 1. The molecule has 0 saturated heterocycles. The zero-order valence-electron chi connectivity index (χ0n) is 18.7. The first-order valence-corrected chi connectivity index (χ1v) is 11.1. The molecule has 170 valence electrons. The summed E-state index contributed by atoms with van der Waals surface area (Å²) in [5.74, 6) is 2.26. The molecular weight excluding hydrogens is 418 g/mol. The maximum absolute atomic E-state index is 11.4. The molecule has 33 heavy (non-hydrogen) atoms.